The minimum atomic E-state index is -5.17. The predicted molar refractivity (Wildman–Crippen MR) is 140 cm³/mol. The zero-order chi connectivity index (χ0) is 30.0. The molecule has 3 aliphatic rings. The molecule has 222 valence electrons. The Morgan fingerprint density at radius 2 is 1.54 bits per heavy atom. The van der Waals surface area contributed by atoms with Crippen molar-refractivity contribution in [1.29, 1.82) is 0 Å². The number of amides is 2. The van der Waals surface area contributed by atoms with Crippen molar-refractivity contribution in [2.45, 2.75) is 61.0 Å². The first-order valence-corrected chi connectivity index (χ1v) is 15.0. The van der Waals surface area contributed by atoms with Gasteiger partial charge in [0.2, 0.25) is 17.5 Å². The van der Waals surface area contributed by atoms with Crippen LogP contribution in [0.5, 0.6) is 0 Å². The fraction of sp³-hybridized carbons (Fsp3) is 0.517. The van der Waals surface area contributed by atoms with Crippen LogP contribution in [0.25, 0.3) is 0 Å². The SMILES string of the molecule is CC(=O)N1CCN(C(=O)[C@@H]2CC[C@]3(S(=O)(=O)c4ccc(F)cc4)c4ccc(C(C)(F)C(F)(F)F)cc4CC[C@H]23)CC1. The highest BCUT2D eigenvalue weighted by molar-refractivity contribution is 7.92. The summed E-state index contributed by atoms with van der Waals surface area (Å²) in [6.45, 7) is 3.24. The number of rotatable bonds is 4. The quantitative estimate of drug-likeness (QED) is 0.371. The number of piperazine rings is 1. The smallest absolute Gasteiger partial charge is 0.339 e. The molecule has 12 heteroatoms. The van der Waals surface area contributed by atoms with E-state index in [0.29, 0.717) is 38.7 Å². The molecule has 0 radical (unpaired) electrons. The van der Waals surface area contributed by atoms with E-state index in [1.807, 2.05) is 0 Å². The number of hydrogen-bond acceptors (Lipinski definition) is 4. The van der Waals surface area contributed by atoms with Crippen LogP contribution in [0.4, 0.5) is 22.0 Å². The normalized spacial score (nSPS) is 26.2. The molecule has 0 bridgehead atoms. The summed E-state index contributed by atoms with van der Waals surface area (Å²) in [6, 6.07) is 7.68. The van der Waals surface area contributed by atoms with Crippen LogP contribution < -0.4 is 0 Å². The van der Waals surface area contributed by atoms with Gasteiger partial charge in [-0.3, -0.25) is 9.59 Å². The summed E-state index contributed by atoms with van der Waals surface area (Å²) in [5.41, 5.74) is -3.71. The van der Waals surface area contributed by atoms with Gasteiger partial charge in [-0.15, -0.1) is 0 Å². The summed E-state index contributed by atoms with van der Waals surface area (Å²) in [5.74, 6) is -2.33. The van der Waals surface area contributed by atoms with Crippen molar-refractivity contribution in [3.8, 4) is 0 Å². The van der Waals surface area contributed by atoms with Gasteiger partial charge in [0.15, 0.2) is 9.84 Å². The monoisotopic (exact) mass is 598 g/mol. The van der Waals surface area contributed by atoms with Gasteiger partial charge in [0.1, 0.15) is 10.6 Å². The molecule has 1 heterocycles. The topological polar surface area (TPSA) is 74.8 Å². The molecule has 1 unspecified atom stereocenters. The zero-order valence-electron chi connectivity index (χ0n) is 22.7. The summed E-state index contributed by atoms with van der Waals surface area (Å²) in [4.78, 5) is 28.6. The molecule has 5 rings (SSSR count). The molecule has 1 saturated heterocycles. The Labute approximate surface area is 235 Å². The molecule has 1 aliphatic heterocycles. The van der Waals surface area contributed by atoms with Gasteiger partial charge in [0, 0.05) is 39.0 Å². The van der Waals surface area contributed by atoms with Crippen molar-refractivity contribution < 1.29 is 40.0 Å². The second-order valence-corrected chi connectivity index (χ2v) is 13.5. The lowest BCUT2D eigenvalue weighted by Gasteiger charge is -2.43. The summed E-state index contributed by atoms with van der Waals surface area (Å²) < 4.78 is 96.3. The van der Waals surface area contributed by atoms with E-state index in [1.165, 1.54) is 13.0 Å². The van der Waals surface area contributed by atoms with Crippen LogP contribution in [0.1, 0.15) is 49.8 Å². The number of carbonyl (C=O) groups excluding carboxylic acids is 2. The lowest BCUT2D eigenvalue weighted by Crippen LogP contribution is -2.53. The fourth-order valence-electron chi connectivity index (χ4n) is 6.90. The summed E-state index contributed by atoms with van der Waals surface area (Å²) >= 11 is 0. The zero-order valence-corrected chi connectivity index (χ0v) is 23.5. The van der Waals surface area contributed by atoms with E-state index in [4.69, 9.17) is 0 Å². The molecular formula is C29H31F5N2O4S. The van der Waals surface area contributed by atoms with Crippen molar-refractivity contribution in [3.05, 3.63) is 65.0 Å². The number of sulfone groups is 1. The van der Waals surface area contributed by atoms with Crippen molar-refractivity contribution in [3.63, 3.8) is 0 Å². The third-order valence-electron chi connectivity index (χ3n) is 9.23. The van der Waals surface area contributed by atoms with Crippen LogP contribution in [0.2, 0.25) is 0 Å². The lowest BCUT2D eigenvalue weighted by atomic mass is 9.72. The van der Waals surface area contributed by atoms with Gasteiger partial charge >= 0.3 is 6.18 Å². The van der Waals surface area contributed by atoms with E-state index in [2.05, 4.69) is 0 Å². The molecular weight excluding hydrogens is 567 g/mol. The lowest BCUT2D eigenvalue weighted by molar-refractivity contribution is -0.228. The minimum Gasteiger partial charge on any atom is -0.339 e. The number of fused-ring (bicyclic) bond motifs is 3. The second-order valence-electron chi connectivity index (χ2n) is 11.3. The summed E-state index contributed by atoms with van der Waals surface area (Å²) in [5, 5.41) is 0. The van der Waals surface area contributed by atoms with Crippen LogP contribution in [-0.2, 0) is 36.3 Å². The highest BCUT2D eigenvalue weighted by atomic mass is 32.2. The van der Waals surface area contributed by atoms with E-state index in [0.717, 1.165) is 36.4 Å². The molecule has 2 fully saturated rings. The predicted octanol–water partition coefficient (Wildman–Crippen LogP) is 4.91. The maximum absolute atomic E-state index is 14.9. The molecule has 2 amide bonds. The molecule has 2 aliphatic carbocycles. The molecule has 1 saturated carbocycles. The highest BCUT2D eigenvalue weighted by Gasteiger charge is 2.62. The van der Waals surface area contributed by atoms with Crippen LogP contribution in [0, 0.1) is 17.7 Å². The highest BCUT2D eigenvalue weighted by Crippen LogP contribution is 2.60. The molecule has 0 aromatic heterocycles. The van der Waals surface area contributed by atoms with E-state index in [1.54, 1.807) is 9.80 Å². The number of nitrogens with zero attached hydrogens (tertiary/aromatic N) is 2. The molecule has 0 N–H and O–H groups in total. The van der Waals surface area contributed by atoms with Crippen LogP contribution in [-0.4, -0.2) is 62.4 Å². The molecule has 4 atom stereocenters. The van der Waals surface area contributed by atoms with Gasteiger partial charge in [-0.25, -0.2) is 17.2 Å². The number of hydrogen-bond donors (Lipinski definition) is 0. The van der Waals surface area contributed by atoms with Crippen LogP contribution >= 0.6 is 0 Å². The molecule has 41 heavy (non-hydrogen) atoms. The third-order valence-corrected chi connectivity index (χ3v) is 11.8. The Morgan fingerprint density at radius 1 is 0.927 bits per heavy atom. The van der Waals surface area contributed by atoms with Crippen molar-refractivity contribution in [2.75, 3.05) is 26.2 Å². The average molecular weight is 599 g/mol. The Balaban J connectivity index is 1.59. The van der Waals surface area contributed by atoms with Gasteiger partial charge < -0.3 is 9.80 Å². The first-order valence-electron chi connectivity index (χ1n) is 13.6. The maximum atomic E-state index is 14.9. The number of halogens is 5. The second kappa shape index (κ2) is 10.1. The molecule has 0 spiro atoms. The van der Waals surface area contributed by atoms with Crippen molar-refractivity contribution >= 4 is 21.7 Å². The number of alkyl halides is 4. The van der Waals surface area contributed by atoms with Gasteiger partial charge in [0.05, 0.1) is 4.90 Å². The molecule has 2 aromatic carbocycles. The first-order chi connectivity index (χ1) is 19.1. The summed E-state index contributed by atoms with van der Waals surface area (Å²) in [6.07, 6.45) is -4.56. The fourth-order valence-corrected chi connectivity index (χ4v) is 9.38. The maximum Gasteiger partial charge on any atom is 0.426 e. The first kappa shape index (κ1) is 29.5. The van der Waals surface area contributed by atoms with E-state index >= 15 is 0 Å². The third kappa shape index (κ3) is 4.62. The number of benzene rings is 2. The minimum absolute atomic E-state index is 0.0275. The molecule has 6 nitrogen and oxygen atoms in total. The number of carbonyl (C=O) groups is 2. The molecule has 2 aromatic rings. The average Bonchev–Trinajstić information content (AvgIpc) is 3.34. The van der Waals surface area contributed by atoms with Gasteiger partial charge in [-0.1, -0.05) is 18.2 Å². The van der Waals surface area contributed by atoms with Crippen molar-refractivity contribution in [2.24, 2.45) is 11.8 Å². The van der Waals surface area contributed by atoms with Crippen molar-refractivity contribution in [1.82, 2.24) is 9.80 Å². The van der Waals surface area contributed by atoms with E-state index in [-0.39, 0.29) is 48.0 Å². The van der Waals surface area contributed by atoms with E-state index < -0.39 is 49.6 Å². The van der Waals surface area contributed by atoms with Crippen LogP contribution in [0.15, 0.2) is 47.4 Å². The Kier molecular flexibility index (Phi) is 7.23. The van der Waals surface area contributed by atoms with Gasteiger partial charge in [-0.2, -0.15) is 13.2 Å². The van der Waals surface area contributed by atoms with Gasteiger partial charge in [0.25, 0.3) is 0 Å². The standard InChI is InChI=1S/C29H31F5N2O4S/c1-18(37)35-13-15-36(16-14-35)26(38)23-11-12-28(41(39,40)22-7-5-21(30)6-8-22)24-10-4-20(27(2,31)29(32,33)34)17-19(24)3-9-25(23)28/h4-8,10,17,23,25H,3,9,11-16H2,1-2H3/t23-,25-,27?,28+/m1/s1. The Morgan fingerprint density at radius 3 is 2.12 bits per heavy atom. The number of aryl methyl sites for hydroxylation is 1. The van der Waals surface area contributed by atoms with Crippen LogP contribution in [0.3, 0.4) is 0 Å². The van der Waals surface area contributed by atoms with E-state index in [9.17, 15) is 40.0 Å². The Bertz CT molecular complexity index is 1470. The summed E-state index contributed by atoms with van der Waals surface area (Å²) in [7, 11) is -4.29. The largest absolute Gasteiger partial charge is 0.426 e. The Hall–Kier alpha value is -3.02. The van der Waals surface area contributed by atoms with Gasteiger partial charge in [-0.05, 0) is 79.5 Å².